The molecule has 0 aliphatic rings. The lowest BCUT2D eigenvalue weighted by molar-refractivity contribution is 0.0691. The highest BCUT2D eigenvalue weighted by Gasteiger charge is 2.13. The Morgan fingerprint density at radius 2 is 2.10 bits per heavy atom. The molecule has 21 heavy (non-hydrogen) atoms. The quantitative estimate of drug-likeness (QED) is 0.731. The van der Waals surface area contributed by atoms with E-state index in [1.807, 2.05) is 24.3 Å². The first kappa shape index (κ1) is 15.5. The highest BCUT2D eigenvalue weighted by atomic mass is 32.1. The summed E-state index contributed by atoms with van der Waals surface area (Å²) in [6, 6.07) is 7.63. The van der Waals surface area contributed by atoms with Crippen LogP contribution in [0.1, 0.15) is 43.1 Å². The molecule has 0 radical (unpaired) electrons. The lowest BCUT2D eigenvalue weighted by Gasteiger charge is -2.09. The summed E-state index contributed by atoms with van der Waals surface area (Å²) in [7, 11) is 0. The van der Waals surface area contributed by atoms with E-state index in [0.717, 1.165) is 17.7 Å². The fourth-order valence-electron chi connectivity index (χ4n) is 1.98. The topological polar surface area (TPSA) is 59.4 Å². The van der Waals surface area contributed by atoms with E-state index in [4.69, 9.17) is 9.84 Å². The maximum atomic E-state index is 10.9. The number of carboxylic acid groups (broad SMARTS) is 1. The molecule has 4 nitrogen and oxygen atoms in total. The maximum absolute atomic E-state index is 10.9. The molecular formula is C16H19NO3S. The van der Waals surface area contributed by atoms with Gasteiger partial charge in [0.1, 0.15) is 10.8 Å². The SMILES string of the molecule is CCCCCCOc1ccccc1-c1nc(C(=O)O)cs1. The van der Waals surface area contributed by atoms with Crippen molar-refractivity contribution in [2.45, 2.75) is 32.6 Å². The van der Waals surface area contributed by atoms with Gasteiger partial charge < -0.3 is 9.84 Å². The number of hydrogen-bond acceptors (Lipinski definition) is 4. The monoisotopic (exact) mass is 305 g/mol. The molecule has 0 unspecified atom stereocenters. The van der Waals surface area contributed by atoms with Gasteiger partial charge in [-0.3, -0.25) is 0 Å². The second-order valence-corrected chi connectivity index (χ2v) is 5.61. The smallest absolute Gasteiger partial charge is 0.355 e. The summed E-state index contributed by atoms with van der Waals surface area (Å²) >= 11 is 1.32. The number of hydrogen-bond donors (Lipinski definition) is 1. The number of benzene rings is 1. The summed E-state index contributed by atoms with van der Waals surface area (Å²) in [6.07, 6.45) is 4.62. The van der Waals surface area contributed by atoms with Crippen molar-refractivity contribution >= 4 is 17.3 Å². The number of aromatic nitrogens is 1. The average molecular weight is 305 g/mol. The van der Waals surface area contributed by atoms with Crippen LogP contribution in [0.5, 0.6) is 5.75 Å². The lowest BCUT2D eigenvalue weighted by Crippen LogP contribution is -1.99. The molecule has 2 rings (SSSR count). The molecule has 5 heteroatoms. The van der Waals surface area contributed by atoms with Crippen molar-refractivity contribution in [2.24, 2.45) is 0 Å². The number of thiazole rings is 1. The molecule has 0 saturated heterocycles. The van der Waals surface area contributed by atoms with Gasteiger partial charge >= 0.3 is 5.97 Å². The van der Waals surface area contributed by atoms with Gasteiger partial charge in [-0.15, -0.1) is 11.3 Å². The molecule has 1 aromatic heterocycles. The van der Waals surface area contributed by atoms with Gasteiger partial charge in [0.15, 0.2) is 5.69 Å². The summed E-state index contributed by atoms with van der Waals surface area (Å²) in [5.41, 5.74) is 0.929. The van der Waals surface area contributed by atoms with E-state index in [2.05, 4.69) is 11.9 Å². The van der Waals surface area contributed by atoms with Crippen molar-refractivity contribution in [3.05, 3.63) is 35.3 Å². The van der Waals surface area contributed by atoms with Crippen LogP contribution in [0.25, 0.3) is 10.6 Å². The predicted octanol–water partition coefficient (Wildman–Crippen LogP) is 4.47. The second-order valence-electron chi connectivity index (χ2n) is 4.75. The van der Waals surface area contributed by atoms with E-state index in [9.17, 15) is 4.79 Å². The van der Waals surface area contributed by atoms with Crippen molar-refractivity contribution in [3.63, 3.8) is 0 Å². The van der Waals surface area contributed by atoms with Crippen molar-refractivity contribution in [1.29, 1.82) is 0 Å². The summed E-state index contributed by atoms with van der Waals surface area (Å²) in [5.74, 6) is -0.240. The van der Waals surface area contributed by atoms with Crippen LogP contribution in [0.2, 0.25) is 0 Å². The summed E-state index contributed by atoms with van der Waals surface area (Å²) < 4.78 is 5.83. The summed E-state index contributed by atoms with van der Waals surface area (Å²) in [4.78, 5) is 15.1. The van der Waals surface area contributed by atoms with Gasteiger partial charge in [0.25, 0.3) is 0 Å². The lowest BCUT2D eigenvalue weighted by atomic mass is 10.2. The number of carbonyl (C=O) groups is 1. The zero-order valence-corrected chi connectivity index (χ0v) is 12.9. The zero-order chi connectivity index (χ0) is 15.1. The second kappa shape index (κ2) is 7.78. The third-order valence-electron chi connectivity index (χ3n) is 3.10. The van der Waals surface area contributed by atoms with E-state index in [1.54, 1.807) is 5.38 Å². The van der Waals surface area contributed by atoms with E-state index in [-0.39, 0.29) is 5.69 Å². The van der Waals surface area contributed by atoms with Crippen molar-refractivity contribution in [2.75, 3.05) is 6.61 Å². The van der Waals surface area contributed by atoms with Crippen LogP contribution in [-0.4, -0.2) is 22.7 Å². The Labute approximate surface area is 128 Å². The largest absolute Gasteiger partial charge is 0.493 e. The Hall–Kier alpha value is -1.88. The Morgan fingerprint density at radius 1 is 1.29 bits per heavy atom. The summed E-state index contributed by atoms with van der Waals surface area (Å²) in [6.45, 7) is 2.85. The van der Waals surface area contributed by atoms with E-state index in [0.29, 0.717) is 11.6 Å². The van der Waals surface area contributed by atoms with Crippen molar-refractivity contribution in [3.8, 4) is 16.3 Å². The van der Waals surface area contributed by atoms with Crippen molar-refractivity contribution in [1.82, 2.24) is 4.98 Å². The number of para-hydroxylation sites is 1. The Kier molecular flexibility index (Phi) is 5.75. The van der Waals surface area contributed by atoms with Gasteiger partial charge in [-0.05, 0) is 18.6 Å². The average Bonchev–Trinajstić information content (AvgIpc) is 2.97. The van der Waals surface area contributed by atoms with Gasteiger partial charge in [-0.25, -0.2) is 9.78 Å². The molecule has 112 valence electrons. The van der Waals surface area contributed by atoms with Gasteiger partial charge in [-0.1, -0.05) is 38.3 Å². The van der Waals surface area contributed by atoms with Crippen LogP contribution in [0, 0.1) is 0 Å². The fraction of sp³-hybridized carbons (Fsp3) is 0.375. The van der Waals surface area contributed by atoms with Gasteiger partial charge in [-0.2, -0.15) is 0 Å². The fourth-order valence-corrected chi connectivity index (χ4v) is 2.80. The molecule has 1 heterocycles. The van der Waals surface area contributed by atoms with E-state index < -0.39 is 5.97 Å². The molecule has 0 saturated carbocycles. The molecule has 0 spiro atoms. The highest BCUT2D eigenvalue weighted by Crippen LogP contribution is 2.32. The minimum Gasteiger partial charge on any atom is -0.493 e. The Morgan fingerprint density at radius 3 is 2.81 bits per heavy atom. The van der Waals surface area contributed by atoms with Gasteiger partial charge in [0.2, 0.25) is 0 Å². The first-order valence-electron chi connectivity index (χ1n) is 7.13. The standard InChI is InChI=1S/C16H19NO3S/c1-2-3-4-7-10-20-14-9-6-5-8-12(14)15-17-13(11-21-15)16(18)19/h5-6,8-9,11H,2-4,7,10H2,1H3,(H,18,19). The number of aromatic carboxylic acids is 1. The molecule has 0 aliphatic heterocycles. The maximum Gasteiger partial charge on any atom is 0.355 e. The van der Waals surface area contributed by atoms with E-state index in [1.165, 1.54) is 30.6 Å². The van der Waals surface area contributed by atoms with Crippen LogP contribution in [-0.2, 0) is 0 Å². The molecule has 0 bridgehead atoms. The summed E-state index contributed by atoms with van der Waals surface area (Å²) in [5, 5.41) is 11.2. The van der Waals surface area contributed by atoms with Crippen molar-refractivity contribution < 1.29 is 14.6 Å². The number of rotatable bonds is 8. The van der Waals surface area contributed by atoms with E-state index >= 15 is 0 Å². The number of nitrogens with zero attached hydrogens (tertiary/aromatic N) is 1. The van der Waals surface area contributed by atoms with Crippen LogP contribution < -0.4 is 4.74 Å². The first-order valence-corrected chi connectivity index (χ1v) is 8.01. The highest BCUT2D eigenvalue weighted by molar-refractivity contribution is 7.13. The molecule has 0 amide bonds. The molecular weight excluding hydrogens is 286 g/mol. The first-order chi connectivity index (χ1) is 10.2. The molecule has 1 N–H and O–H groups in total. The minimum absolute atomic E-state index is 0.0766. The normalized spacial score (nSPS) is 10.5. The Bertz CT molecular complexity index is 595. The zero-order valence-electron chi connectivity index (χ0n) is 12.0. The minimum atomic E-state index is -1.00. The number of unbranched alkanes of at least 4 members (excludes halogenated alkanes) is 3. The number of ether oxygens (including phenoxy) is 1. The third-order valence-corrected chi connectivity index (χ3v) is 3.97. The third kappa shape index (κ3) is 4.29. The molecule has 1 aromatic carbocycles. The Balaban J connectivity index is 2.07. The van der Waals surface area contributed by atoms with Crippen LogP contribution in [0.15, 0.2) is 29.6 Å². The predicted molar refractivity (Wildman–Crippen MR) is 84.1 cm³/mol. The molecule has 0 aliphatic carbocycles. The molecule has 2 aromatic rings. The number of carboxylic acids is 1. The van der Waals surface area contributed by atoms with Gasteiger partial charge in [0.05, 0.1) is 12.2 Å². The van der Waals surface area contributed by atoms with Crippen LogP contribution >= 0.6 is 11.3 Å². The van der Waals surface area contributed by atoms with Crippen LogP contribution in [0.3, 0.4) is 0 Å². The van der Waals surface area contributed by atoms with Crippen LogP contribution in [0.4, 0.5) is 0 Å². The molecule has 0 atom stereocenters. The molecule has 0 fully saturated rings. The van der Waals surface area contributed by atoms with Gasteiger partial charge in [0, 0.05) is 5.38 Å².